The van der Waals surface area contributed by atoms with Gasteiger partial charge in [0.1, 0.15) is 5.75 Å². The van der Waals surface area contributed by atoms with E-state index in [0.717, 1.165) is 17.7 Å². The van der Waals surface area contributed by atoms with Crippen molar-refractivity contribution in [3.63, 3.8) is 0 Å². The molecular weight excluding hydrogens is 377 g/mol. The number of thiophene rings is 1. The van der Waals surface area contributed by atoms with Gasteiger partial charge >= 0.3 is 0 Å². The topological polar surface area (TPSA) is 55.5 Å². The quantitative estimate of drug-likeness (QED) is 0.533. The molecule has 0 radical (unpaired) electrons. The molecule has 3 nitrogen and oxygen atoms in total. The maximum absolute atomic E-state index is 9.19. The Morgan fingerprint density at radius 2 is 1.96 bits per heavy atom. The first kappa shape index (κ1) is 20.1. The molecule has 0 saturated heterocycles. The van der Waals surface area contributed by atoms with Gasteiger partial charge in [0.05, 0.1) is 18.1 Å². The zero-order valence-electron chi connectivity index (χ0n) is 14.0. The molecule has 6 heteroatoms. The zero-order chi connectivity index (χ0) is 18.3. The highest BCUT2D eigenvalue weighted by molar-refractivity contribution is 7.12. The van der Waals surface area contributed by atoms with Crippen LogP contribution in [0.1, 0.15) is 29.5 Å². The second kappa shape index (κ2) is 9.47. The Bertz CT molecular complexity index is 742. The zero-order valence-corrected chi connectivity index (χ0v) is 16.3. The summed E-state index contributed by atoms with van der Waals surface area (Å²) < 4.78 is 5.59. The first-order valence-corrected chi connectivity index (χ1v) is 9.51. The van der Waals surface area contributed by atoms with E-state index < -0.39 is 5.54 Å². The maximum Gasteiger partial charge on any atom is 0.122 e. The standard InChI is InChI=1S/C19H21Cl2NO2S/c1-19(22,13-23)8-7-18-6-5-17(25-18)4-2-3-9-24-16-11-14(20)10-15(21)12-16/h5-6,10-12,23H,3,7-9,13,22H2,1H3. The lowest BCUT2D eigenvalue weighted by molar-refractivity contribution is 0.201. The second-order valence-corrected chi connectivity index (χ2v) is 8.12. The van der Waals surface area contributed by atoms with Crippen LogP contribution in [0.3, 0.4) is 0 Å². The highest BCUT2D eigenvalue weighted by Crippen LogP contribution is 2.24. The van der Waals surface area contributed by atoms with Crippen LogP contribution in [0.25, 0.3) is 0 Å². The lowest BCUT2D eigenvalue weighted by Crippen LogP contribution is -2.40. The first-order chi connectivity index (χ1) is 11.9. The molecule has 1 aromatic carbocycles. The molecule has 1 aromatic heterocycles. The fourth-order valence-electron chi connectivity index (χ4n) is 2.05. The van der Waals surface area contributed by atoms with Gasteiger partial charge in [0, 0.05) is 26.9 Å². The van der Waals surface area contributed by atoms with Crippen LogP contribution in [0, 0.1) is 11.8 Å². The van der Waals surface area contributed by atoms with Crippen molar-refractivity contribution in [1.29, 1.82) is 0 Å². The SMILES string of the molecule is CC(N)(CO)CCc1ccc(C#CCCOc2cc(Cl)cc(Cl)c2)s1. The van der Waals surface area contributed by atoms with Gasteiger partial charge in [-0.3, -0.25) is 0 Å². The predicted molar refractivity (Wildman–Crippen MR) is 106 cm³/mol. The monoisotopic (exact) mass is 397 g/mol. The average Bonchev–Trinajstić information content (AvgIpc) is 3.00. The number of benzene rings is 1. The maximum atomic E-state index is 9.19. The second-order valence-electron chi connectivity index (χ2n) is 6.08. The van der Waals surface area contributed by atoms with Crippen molar-refractivity contribution in [3.05, 3.63) is 50.1 Å². The highest BCUT2D eigenvalue weighted by atomic mass is 35.5. The van der Waals surface area contributed by atoms with E-state index in [-0.39, 0.29) is 6.61 Å². The van der Waals surface area contributed by atoms with Gasteiger partial charge in [-0.15, -0.1) is 11.3 Å². The number of rotatable bonds is 7. The van der Waals surface area contributed by atoms with Gasteiger partial charge < -0.3 is 15.6 Å². The van der Waals surface area contributed by atoms with Crippen molar-refractivity contribution in [1.82, 2.24) is 0 Å². The van der Waals surface area contributed by atoms with E-state index in [9.17, 15) is 5.11 Å². The Balaban J connectivity index is 1.78. The van der Waals surface area contributed by atoms with E-state index in [1.807, 2.05) is 13.0 Å². The molecule has 134 valence electrons. The minimum atomic E-state index is -0.531. The molecule has 0 aliphatic carbocycles. The van der Waals surface area contributed by atoms with Gasteiger partial charge in [-0.25, -0.2) is 0 Å². The largest absolute Gasteiger partial charge is 0.492 e. The van der Waals surface area contributed by atoms with Crippen LogP contribution in [0.5, 0.6) is 5.75 Å². The van der Waals surface area contributed by atoms with Crippen molar-refractivity contribution in [2.24, 2.45) is 5.73 Å². The van der Waals surface area contributed by atoms with Gasteiger partial charge in [0.2, 0.25) is 0 Å². The molecule has 0 bridgehead atoms. The minimum absolute atomic E-state index is 0.0110. The van der Waals surface area contributed by atoms with Gasteiger partial charge in [0.15, 0.2) is 0 Å². The summed E-state index contributed by atoms with van der Waals surface area (Å²) in [6, 6.07) is 9.19. The molecule has 3 N–H and O–H groups in total. The molecule has 1 heterocycles. The third kappa shape index (κ3) is 7.27. The summed E-state index contributed by atoms with van der Waals surface area (Å²) in [5.41, 5.74) is 5.42. The number of aryl methyl sites for hydroxylation is 1. The van der Waals surface area contributed by atoms with E-state index in [1.54, 1.807) is 29.5 Å². The fraction of sp³-hybridized carbons (Fsp3) is 0.368. The van der Waals surface area contributed by atoms with E-state index in [1.165, 1.54) is 4.88 Å². The lowest BCUT2D eigenvalue weighted by Gasteiger charge is -2.20. The third-order valence-corrected chi connectivity index (χ3v) is 5.01. The van der Waals surface area contributed by atoms with E-state index in [2.05, 4.69) is 17.9 Å². The molecule has 0 amide bonds. The number of aliphatic hydroxyl groups is 1. The number of halogens is 2. The third-order valence-electron chi connectivity index (χ3n) is 3.51. The Labute approximate surface area is 162 Å². The number of nitrogens with two attached hydrogens (primary N) is 1. The summed E-state index contributed by atoms with van der Waals surface area (Å²) in [4.78, 5) is 2.24. The van der Waals surface area contributed by atoms with Crippen molar-refractivity contribution in [3.8, 4) is 17.6 Å². The van der Waals surface area contributed by atoms with Crippen LogP contribution < -0.4 is 10.5 Å². The van der Waals surface area contributed by atoms with Crippen molar-refractivity contribution in [2.75, 3.05) is 13.2 Å². The van der Waals surface area contributed by atoms with Crippen molar-refractivity contribution >= 4 is 34.5 Å². The molecule has 0 saturated carbocycles. The molecule has 2 aromatic rings. The minimum Gasteiger partial charge on any atom is -0.492 e. The number of hydrogen-bond acceptors (Lipinski definition) is 4. The number of hydrogen-bond donors (Lipinski definition) is 2. The molecule has 0 fully saturated rings. The molecule has 0 aliphatic heterocycles. The van der Waals surface area contributed by atoms with Gasteiger partial charge in [-0.2, -0.15) is 0 Å². The van der Waals surface area contributed by atoms with Crippen molar-refractivity contribution < 1.29 is 9.84 Å². The predicted octanol–water partition coefficient (Wildman–Crippen LogP) is 4.52. The first-order valence-electron chi connectivity index (χ1n) is 7.94. The summed E-state index contributed by atoms with van der Waals surface area (Å²) in [6.45, 7) is 2.32. The smallest absolute Gasteiger partial charge is 0.122 e. The Kier molecular flexibility index (Phi) is 7.61. The van der Waals surface area contributed by atoms with Crippen LogP contribution >= 0.6 is 34.5 Å². The normalized spacial score (nSPS) is 13.0. The van der Waals surface area contributed by atoms with Crippen molar-refractivity contribution in [2.45, 2.75) is 31.7 Å². The Morgan fingerprint density at radius 1 is 1.24 bits per heavy atom. The summed E-state index contributed by atoms with van der Waals surface area (Å²) in [6.07, 6.45) is 2.20. The molecule has 25 heavy (non-hydrogen) atoms. The van der Waals surface area contributed by atoms with Gasteiger partial charge in [0.25, 0.3) is 0 Å². The molecule has 0 spiro atoms. The summed E-state index contributed by atoms with van der Waals surface area (Å²) in [7, 11) is 0. The van der Waals surface area contributed by atoms with Gasteiger partial charge in [-0.1, -0.05) is 35.0 Å². The average molecular weight is 398 g/mol. The van der Waals surface area contributed by atoms with Crippen LogP contribution in [-0.4, -0.2) is 23.9 Å². The summed E-state index contributed by atoms with van der Waals surface area (Å²) >= 11 is 13.5. The van der Waals surface area contributed by atoms with Gasteiger partial charge in [-0.05, 0) is 50.1 Å². The van der Waals surface area contributed by atoms with Crippen LogP contribution in [-0.2, 0) is 6.42 Å². The highest BCUT2D eigenvalue weighted by Gasteiger charge is 2.16. The summed E-state index contributed by atoms with van der Waals surface area (Å²) in [5.74, 6) is 6.89. The number of ether oxygens (including phenoxy) is 1. The van der Waals surface area contributed by atoms with Crippen LogP contribution in [0.15, 0.2) is 30.3 Å². The van der Waals surface area contributed by atoms with Crippen LogP contribution in [0.4, 0.5) is 0 Å². The Hall–Kier alpha value is -1.22. The molecule has 2 rings (SSSR count). The van der Waals surface area contributed by atoms with E-state index >= 15 is 0 Å². The van der Waals surface area contributed by atoms with E-state index in [0.29, 0.717) is 28.8 Å². The number of aliphatic hydroxyl groups excluding tert-OH is 1. The molecular formula is C19H21Cl2NO2S. The molecule has 1 unspecified atom stereocenters. The summed E-state index contributed by atoms with van der Waals surface area (Å²) in [5, 5.41) is 10.3. The molecule has 0 aliphatic rings. The molecule has 1 atom stereocenters. The fourth-order valence-corrected chi connectivity index (χ4v) is 3.44. The van der Waals surface area contributed by atoms with Crippen LogP contribution in [0.2, 0.25) is 10.0 Å². The van der Waals surface area contributed by atoms with E-state index in [4.69, 9.17) is 33.7 Å². The Morgan fingerprint density at radius 3 is 2.64 bits per heavy atom. The lowest BCUT2D eigenvalue weighted by atomic mass is 9.98.